The number of rotatable bonds is 22. The Hall–Kier alpha value is -3.34. The monoisotopic (exact) mass is 776 g/mol. The number of alkyl halides is 16. The summed E-state index contributed by atoms with van der Waals surface area (Å²) in [5.41, 5.74) is 0.486. The molecule has 0 saturated heterocycles. The van der Waals surface area contributed by atoms with Gasteiger partial charge in [0.15, 0.2) is 17.7 Å². The highest BCUT2D eigenvalue weighted by Crippen LogP contribution is 2.56. The van der Waals surface area contributed by atoms with E-state index >= 15 is 0 Å². The Balaban J connectivity index is 1.85. The van der Waals surface area contributed by atoms with Crippen molar-refractivity contribution >= 4 is 0 Å². The third kappa shape index (κ3) is 11.8. The lowest BCUT2D eigenvalue weighted by Crippen LogP contribution is -2.64. The summed E-state index contributed by atoms with van der Waals surface area (Å²) in [6, 6.07) is 5.56. The van der Waals surface area contributed by atoms with E-state index < -0.39 is 68.4 Å². The van der Waals surface area contributed by atoms with Gasteiger partial charge in [0.25, 0.3) is 0 Å². The zero-order valence-electron chi connectivity index (χ0n) is 25.9. The zero-order chi connectivity index (χ0) is 38.9. The maximum Gasteiger partial charge on any atom is 0.460 e. The van der Waals surface area contributed by atoms with Crippen molar-refractivity contribution in [2.75, 3.05) is 26.4 Å². The fourth-order valence-electron chi connectivity index (χ4n) is 3.60. The molecule has 0 aliphatic rings. The Labute approximate surface area is 278 Å². The third-order valence-electron chi connectivity index (χ3n) is 6.25. The highest BCUT2D eigenvalue weighted by Gasteiger charge is 2.85. The minimum Gasteiger partial charge on any atom is -0.490 e. The number of aromatic nitrogens is 2. The van der Waals surface area contributed by atoms with E-state index in [0.717, 1.165) is 32.1 Å². The number of halogens is 16. The Bertz CT molecular complexity index is 1350. The van der Waals surface area contributed by atoms with Crippen LogP contribution in [-0.4, -0.2) is 85.0 Å². The highest BCUT2D eigenvalue weighted by molar-refractivity contribution is 5.56. The maximum atomic E-state index is 14.1. The van der Waals surface area contributed by atoms with Crippen molar-refractivity contribution in [2.24, 2.45) is 0 Å². The second kappa shape index (κ2) is 17.0. The van der Waals surface area contributed by atoms with Gasteiger partial charge in [-0.1, -0.05) is 32.6 Å². The van der Waals surface area contributed by atoms with Crippen LogP contribution in [0.4, 0.5) is 70.2 Å². The molecular weight excluding hydrogens is 748 g/mol. The standard InChI is InChI=1S/C28H28F16N2O5/c1-2-3-4-5-6-11-48-20-12-45-21(46-13-20)17-7-9-19(10-8-17)49-15-18(29)14-47-16-22(30,31)50-27(41,42)28(43,44)51-26(39,40)24(34,35)23(32,33)25(36,37)38/h7-10,12-13,18H,2-6,11,14-16H2,1H3. The van der Waals surface area contributed by atoms with Crippen LogP contribution in [0.25, 0.3) is 11.4 Å². The number of benzene rings is 1. The highest BCUT2D eigenvalue weighted by atomic mass is 19.4. The van der Waals surface area contributed by atoms with E-state index in [9.17, 15) is 70.2 Å². The van der Waals surface area contributed by atoms with Crippen LogP contribution >= 0.6 is 0 Å². The first-order valence-corrected chi connectivity index (χ1v) is 14.4. The average Bonchev–Trinajstić information content (AvgIpc) is 3.00. The summed E-state index contributed by atoms with van der Waals surface area (Å²) in [5.74, 6) is -15.1. The summed E-state index contributed by atoms with van der Waals surface area (Å²) in [7, 11) is 0. The lowest BCUT2D eigenvalue weighted by atomic mass is 10.1. The van der Waals surface area contributed by atoms with Gasteiger partial charge < -0.3 is 14.2 Å². The first-order valence-electron chi connectivity index (χ1n) is 14.4. The molecule has 0 fully saturated rings. The molecule has 0 saturated carbocycles. The van der Waals surface area contributed by atoms with Crippen LogP contribution in [0.1, 0.15) is 39.0 Å². The number of hydrogen-bond acceptors (Lipinski definition) is 7. The van der Waals surface area contributed by atoms with Crippen LogP contribution < -0.4 is 9.47 Å². The molecule has 0 aliphatic carbocycles. The molecule has 7 nitrogen and oxygen atoms in total. The van der Waals surface area contributed by atoms with Crippen LogP contribution in [0, 0.1) is 0 Å². The van der Waals surface area contributed by atoms with Gasteiger partial charge in [0.05, 0.1) is 25.6 Å². The van der Waals surface area contributed by atoms with Crippen LogP contribution in [-0.2, 0) is 14.2 Å². The predicted molar refractivity (Wildman–Crippen MR) is 141 cm³/mol. The van der Waals surface area contributed by atoms with Crippen LogP contribution in [0.3, 0.4) is 0 Å². The fraction of sp³-hybridized carbons (Fsp3) is 0.643. The number of nitrogens with zero attached hydrogens (tertiary/aromatic N) is 2. The summed E-state index contributed by atoms with van der Waals surface area (Å²) >= 11 is 0. The molecule has 23 heteroatoms. The molecule has 51 heavy (non-hydrogen) atoms. The maximum absolute atomic E-state index is 14.1. The van der Waals surface area contributed by atoms with E-state index in [1.54, 1.807) is 0 Å². The van der Waals surface area contributed by atoms with Gasteiger partial charge in [-0.05, 0) is 30.7 Å². The minimum absolute atomic E-state index is 0.00957. The molecule has 1 aromatic carbocycles. The van der Waals surface area contributed by atoms with Gasteiger partial charge >= 0.3 is 42.5 Å². The summed E-state index contributed by atoms with van der Waals surface area (Å²) in [6.07, 6.45) is -29.7. The third-order valence-corrected chi connectivity index (χ3v) is 6.25. The van der Waals surface area contributed by atoms with Crippen LogP contribution in [0.15, 0.2) is 36.7 Å². The first kappa shape index (κ1) is 43.8. The first-order chi connectivity index (χ1) is 23.3. The molecule has 1 aromatic heterocycles. The largest absolute Gasteiger partial charge is 0.490 e. The second-order valence-corrected chi connectivity index (χ2v) is 10.5. The summed E-state index contributed by atoms with van der Waals surface area (Å²) in [5, 5.41) is 0. The molecule has 1 atom stereocenters. The van der Waals surface area contributed by atoms with Crippen molar-refractivity contribution in [3.63, 3.8) is 0 Å². The summed E-state index contributed by atoms with van der Waals surface area (Å²) in [4.78, 5) is 8.33. The Morgan fingerprint density at radius 3 is 1.71 bits per heavy atom. The Morgan fingerprint density at radius 1 is 0.608 bits per heavy atom. The second-order valence-electron chi connectivity index (χ2n) is 10.5. The van der Waals surface area contributed by atoms with Crippen molar-refractivity contribution in [1.29, 1.82) is 0 Å². The van der Waals surface area contributed by atoms with Gasteiger partial charge in [0.1, 0.15) is 19.0 Å². The molecule has 0 N–H and O–H groups in total. The van der Waals surface area contributed by atoms with Crippen molar-refractivity contribution in [1.82, 2.24) is 9.97 Å². The normalized spacial score (nSPS) is 14.5. The topological polar surface area (TPSA) is 71.9 Å². The van der Waals surface area contributed by atoms with E-state index in [4.69, 9.17) is 9.47 Å². The number of hydrogen-bond donors (Lipinski definition) is 0. The molecule has 0 spiro atoms. The van der Waals surface area contributed by atoms with Gasteiger partial charge in [-0.15, -0.1) is 0 Å². The molecule has 2 rings (SSSR count). The minimum atomic E-state index is -7.97. The summed E-state index contributed by atoms with van der Waals surface area (Å²) < 4.78 is 228. The van der Waals surface area contributed by atoms with E-state index in [1.807, 2.05) is 0 Å². The van der Waals surface area contributed by atoms with E-state index in [-0.39, 0.29) is 11.6 Å². The molecule has 1 unspecified atom stereocenters. The average molecular weight is 777 g/mol. The fourth-order valence-corrected chi connectivity index (χ4v) is 3.60. The quantitative estimate of drug-likeness (QED) is 0.0872. The Morgan fingerprint density at radius 2 is 1.16 bits per heavy atom. The van der Waals surface area contributed by atoms with Gasteiger partial charge in [-0.25, -0.2) is 23.8 Å². The van der Waals surface area contributed by atoms with Crippen molar-refractivity contribution in [3.05, 3.63) is 36.7 Å². The van der Waals surface area contributed by atoms with E-state index in [0.29, 0.717) is 17.9 Å². The van der Waals surface area contributed by atoms with Gasteiger partial charge in [-0.3, -0.25) is 0 Å². The van der Waals surface area contributed by atoms with Crippen LogP contribution in [0.5, 0.6) is 11.5 Å². The van der Waals surface area contributed by atoms with E-state index in [2.05, 4.69) is 26.4 Å². The van der Waals surface area contributed by atoms with Crippen molar-refractivity contribution in [3.8, 4) is 22.9 Å². The molecule has 292 valence electrons. The van der Waals surface area contributed by atoms with Crippen LogP contribution in [0.2, 0.25) is 0 Å². The smallest absolute Gasteiger partial charge is 0.460 e. The van der Waals surface area contributed by atoms with Crippen molar-refractivity contribution in [2.45, 2.75) is 87.7 Å². The molecule has 1 heterocycles. The molecule has 0 amide bonds. The van der Waals surface area contributed by atoms with E-state index in [1.165, 1.54) is 41.4 Å². The summed E-state index contributed by atoms with van der Waals surface area (Å²) in [6.45, 7) is -2.30. The molecule has 0 radical (unpaired) electrons. The van der Waals surface area contributed by atoms with Gasteiger partial charge in [0.2, 0.25) is 0 Å². The number of unbranched alkanes of at least 4 members (excludes halogenated alkanes) is 4. The zero-order valence-corrected chi connectivity index (χ0v) is 25.9. The lowest BCUT2D eigenvalue weighted by molar-refractivity contribution is -0.543. The predicted octanol–water partition coefficient (Wildman–Crippen LogP) is 9.46. The number of ether oxygens (including phenoxy) is 5. The Kier molecular flexibility index (Phi) is 14.6. The SMILES string of the molecule is CCCCCCCOc1cnc(-c2ccc(OCC(F)COCC(F)(F)OC(F)(F)C(F)(F)OC(F)(F)C(F)(F)C(F)(F)C(F)(F)F)cc2)nc1. The van der Waals surface area contributed by atoms with Gasteiger partial charge in [0, 0.05) is 5.56 Å². The van der Waals surface area contributed by atoms with Gasteiger partial charge in [-0.2, -0.15) is 65.9 Å². The lowest BCUT2D eigenvalue weighted by Gasteiger charge is -2.36. The van der Waals surface area contributed by atoms with Crippen molar-refractivity contribution < 1.29 is 93.9 Å². The molecule has 0 aliphatic heterocycles. The molecular formula is C28H28F16N2O5. The molecule has 2 aromatic rings. The molecule has 0 bridgehead atoms.